The molecule has 0 aliphatic carbocycles. The summed E-state index contributed by atoms with van der Waals surface area (Å²) in [5.41, 5.74) is 2.81. The summed E-state index contributed by atoms with van der Waals surface area (Å²) < 4.78 is 5.46. The summed E-state index contributed by atoms with van der Waals surface area (Å²) in [6.07, 6.45) is 0. The number of fused-ring (bicyclic) bond motifs is 1. The summed E-state index contributed by atoms with van der Waals surface area (Å²) >= 11 is 0. The van der Waals surface area contributed by atoms with Gasteiger partial charge in [0.1, 0.15) is 5.52 Å². The van der Waals surface area contributed by atoms with Gasteiger partial charge in [-0.05, 0) is 24.7 Å². The molecule has 0 N–H and O–H groups in total. The van der Waals surface area contributed by atoms with Crippen LogP contribution in [0.1, 0.15) is 11.5 Å². The van der Waals surface area contributed by atoms with Crippen LogP contribution >= 0.6 is 0 Å². The predicted octanol–water partition coefficient (Wildman–Crippen LogP) is 2.09. The number of nitriles is 1. The predicted molar refractivity (Wildman–Crippen MR) is 60.7 cm³/mol. The molecule has 0 atom stereocenters. The standard InChI is InChI=1S/C12H13N3O/c1-9-14-11-4-3-10(7-12(11)16-9)8-15(2)6-5-13/h3-4,7H,6,8H2,1-2H3. The highest BCUT2D eigenvalue weighted by molar-refractivity contribution is 5.73. The number of benzene rings is 1. The van der Waals surface area contributed by atoms with Crippen molar-refractivity contribution in [1.82, 2.24) is 9.88 Å². The topological polar surface area (TPSA) is 53.1 Å². The molecule has 0 amide bonds. The molecule has 0 radical (unpaired) electrons. The Morgan fingerprint density at radius 2 is 2.31 bits per heavy atom. The van der Waals surface area contributed by atoms with Crippen molar-refractivity contribution in [2.45, 2.75) is 13.5 Å². The van der Waals surface area contributed by atoms with Crippen molar-refractivity contribution in [2.75, 3.05) is 13.6 Å². The van der Waals surface area contributed by atoms with Crippen molar-refractivity contribution < 1.29 is 4.42 Å². The van der Waals surface area contributed by atoms with Gasteiger partial charge in [0, 0.05) is 13.5 Å². The summed E-state index contributed by atoms with van der Waals surface area (Å²) in [6, 6.07) is 8.05. The fourth-order valence-corrected chi connectivity index (χ4v) is 1.67. The number of oxazole rings is 1. The van der Waals surface area contributed by atoms with Crippen molar-refractivity contribution in [2.24, 2.45) is 0 Å². The molecule has 1 aromatic heterocycles. The zero-order valence-corrected chi connectivity index (χ0v) is 9.40. The number of rotatable bonds is 3. The molecule has 0 aliphatic rings. The fourth-order valence-electron chi connectivity index (χ4n) is 1.67. The normalized spacial score (nSPS) is 10.9. The molecule has 0 saturated carbocycles. The second-order valence-electron chi connectivity index (χ2n) is 3.87. The Kier molecular flexibility index (Phi) is 2.88. The molecule has 0 fully saturated rings. The molecule has 1 heterocycles. The van der Waals surface area contributed by atoms with Gasteiger partial charge < -0.3 is 4.42 Å². The number of hydrogen-bond donors (Lipinski definition) is 0. The maximum atomic E-state index is 8.57. The van der Waals surface area contributed by atoms with Crippen LogP contribution in [0, 0.1) is 18.3 Å². The first-order valence-corrected chi connectivity index (χ1v) is 5.10. The Balaban J connectivity index is 2.22. The fraction of sp³-hybridized carbons (Fsp3) is 0.333. The number of nitrogens with zero attached hydrogens (tertiary/aromatic N) is 3. The summed E-state index contributed by atoms with van der Waals surface area (Å²) in [4.78, 5) is 6.19. The van der Waals surface area contributed by atoms with Gasteiger partial charge >= 0.3 is 0 Å². The van der Waals surface area contributed by atoms with Gasteiger partial charge in [0.25, 0.3) is 0 Å². The van der Waals surface area contributed by atoms with Crippen molar-refractivity contribution in [1.29, 1.82) is 5.26 Å². The van der Waals surface area contributed by atoms with E-state index in [2.05, 4.69) is 11.1 Å². The van der Waals surface area contributed by atoms with Gasteiger partial charge in [-0.15, -0.1) is 0 Å². The van der Waals surface area contributed by atoms with E-state index in [4.69, 9.17) is 9.68 Å². The molecule has 82 valence electrons. The first-order valence-electron chi connectivity index (χ1n) is 5.10. The van der Waals surface area contributed by atoms with Crippen LogP contribution < -0.4 is 0 Å². The molecular weight excluding hydrogens is 202 g/mol. The molecule has 0 unspecified atom stereocenters. The van der Waals surface area contributed by atoms with E-state index in [1.807, 2.05) is 37.1 Å². The van der Waals surface area contributed by atoms with Crippen molar-refractivity contribution >= 4 is 11.1 Å². The minimum atomic E-state index is 0.424. The minimum Gasteiger partial charge on any atom is -0.441 e. The van der Waals surface area contributed by atoms with E-state index < -0.39 is 0 Å². The number of hydrogen-bond acceptors (Lipinski definition) is 4. The summed E-state index contributed by atoms with van der Waals surface area (Å²) in [7, 11) is 1.92. The highest BCUT2D eigenvalue weighted by Gasteiger charge is 2.04. The summed E-state index contributed by atoms with van der Waals surface area (Å²) in [5, 5.41) is 8.57. The third-order valence-corrected chi connectivity index (χ3v) is 2.35. The van der Waals surface area contributed by atoms with Gasteiger partial charge in [0.15, 0.2) is 11.5 Å². The zero-order valence-electron chi connectivity index (χ0n) is 9.40. The van der Waals surface area contributed by atoms with Gasteiger partial charge in [-0.25, -0.2) is 4.98 Å². The van der Waals surface area contributed by atoms with Gasteiger partial charge in [-0.3, -0.25) is 4.90 Å². The molecule has 0 saturated heterocycles. The van der Waals surface area contributed by atoms with E-state index in [0.717, 1.165) is 23.2 Å². The Morgan fingerprint density at radius 1 is 1.50 bits per heavy atom. The first-order chi connectivity index (χ1) is 7.69. The Morgan fingerprint density at radius 3 is 3.06 bits per heavy atom. The van der Waals surface area contributed by atoms with Crippen molar-refractivity contribution in [3.63, 3.8) is 0 Å². The van der Waals surface area contributed by atoms with Crippen LogP contribution in [0.4, 0.5) is 0 Å². The second kappa shape index (κ2) is 4.33. The second-order valence-corrected chi connectivity index (χ2v) is 3.87. The molecule has 2 aromatic rings. The molecule has 0 bridgehead atoms. The minimum absolute atomic E-state index is 0.424. The number of aromatic nitrogens is 1. The van der Waals surface area contributed by atoms with E-state index in [9.17, 15) is 0 Å². The highest BCUT2D eigenvalue weighted by atomic mass is 16.3. The van der Waals surface area contributed by atoms with Crippen LogP contribution in [-0.2, 0) is 6.54 Å². The zero-order chi connectivity index (χ0) is 11.5. The van der Waals surface area contributed by atoms with Crippen LogP contribution in [0.5, 0.6) is 0 Å². The van der Waals surface area contributed by atoms with Gasteiger partial charge in [-0.1, -0.05) is 6.07 Å². The maximum absolute atomic E-state index is 8.57. The lowest BCUT2D eigenvalue weighted by molar-refractivity contribution is 0.367. The Bertz CT molecular complexity index is 539. The molecule has 2 rings (SSSR count). The molecule has 0 aliphatic heterocycles. The monoisotopic (exact) mass is 215 g/mol. The Hall–Kier alpha value is -1.86. The average molecular weight is 215 g/mol. The van der Waals surface area contributed by atoms with Crippen LogP contribution in [0.2, 0.25) is 0 Å². The van der Waals surface area contributed by atoms with E-state index in [-0.39, 0.29) is 0 Å². The summed E-state index contributed by atoms with van der Waals surface area (Å²) in [5.74, 6) is 0.678. The lowest BCUT2D eigenvalue weighted by Gasteiger charge is -2.11. The largest absolute Gasteiger partial charge is 0.441 e. The third kappa shape index (κ3) is 2.20. The average Bonchev–Trinajstić information content (AvgIpc) is 2.57. The van der Waals surface area contributed by atoms with E-state index in [1.165, 1.54) is 0 Å². The molecule has 16 heavy (non-hydrogen) atoms. The van der Waals surface area contributed by atoms with E-state index in [0.29, 0.717) is 12.4 Å². The smallest absolute Gasteiger partial charge is 0.192 e. The Labute approximate surface area is 94.1 Å². The van der Waals surface area contributed by atoms with Crippen LogP contribution in [-0.4, -0.2) is 23.5 Å². The molecule has 4 nitrogen and oxygen atoms in total. The van der Waals surface area contributed by atoms with Gasteiger partial charge in [0.05, 0.1) is 12.6 Å². The lowest BCUT2D eigenvalue weighted by atomic mass is 10.2. The van der Waals surface area contributed by atoms with Crippen molar-refractivity contribution in [3.8, 4) is 6.07 Å². The van der Waals surface area contributed by atoms with Crippen molar-refractivity contribution in [3.05, 3.63) is 29.7 Å². The SMILES string of the molecule is Cc1nc2ccc(CN(C)CC#N)cc2o1. The van der Waals surface area contributed by atoms with E-state index >= 15 is 0 Å². The molecular formula is C12H13N3O. The molecule has 0 spiro atoms. The highest BCUT2D eigenvalue weighted by Crippen LogP contribution is 2.17. The molecule has 1 aromatic carbocycles. The van der Waals surface area contributed by atoms with Crippen LogP contribution in [0.25, 0.3) is 11.1 Å². The molecule has 4 heteroatoms. The number of aryl methyl sites for hydroxylation is 1. The lowest BCUT2D eigenvalue weighted by Crippen LogP contribution is -2.17. The summed E-state index contributed by atoms with van der Waals surface area (Å²) in [6.45, 7) is 3.00. The van der Waals surface area contributed by atoms with Gasteiger partial charge in [-0.2, -0.15) is 5.26 Å². The third-order valence-electron chi connectivity index (χ3n) is 2.35. The first kappa shape index (κ1) is 10.7. The quantitative estimate of drug-likeness (QED) is 0.736. The van der Waals surface area contributed by atoms with Crippen LogP contribution in [0.3, 0.4) is 0 Å². The van der Waals surface area contributed by atoms with Crippen LogP contribution in [0.15, 0.2) is 22.6 Å². The maximum Gasteiger partial charge on any atom is 0.192 e. The van der Waals surface area contributed by atoms with E-state index in [1.54, 1.807) is 0 Å². The van der Waals surface area contributed by atoms with Gasteiger partial charge in [0.2, 0.25) is 0 Å².